The highest BCUT2D eigenvalue weighted by molar-refractivity contribution is 7.99. The summed E-state index contributed by atoms with van der Waals surface area (Å²) in [6.45, 7) is 19.7. The number of ether oxygens (including phenoxy) is 4. The van der Waals surface area contributed by atoms with Gasteiger partial charge in [0, 0.05) is 21.9 Å². The summed E-state index contributed by atoms with van der Waals surface area (Å²) in [7, 11) is 0. The fourth-order valence-electron chi connectivity index (χ4n) is 5.29. The third-order valence-electron chi connectivity index (χ3n) is 7.54. The van der Waals surface area contributed by atoms with Gasteiger partial charge in [-0.2, -0.15) is 11.8 Å². The smallest absolute Gasteiger partial charge is 0.429 e. The molecule has 2 heterocycles. The SMILES string of the molecule is C=C(C)C(CCSCCC(C(=C)C)C1=C(Cl)CN(C(=O)OCC)N(C(=O)OCC)C1)C1=C(Cl)CN(C(=O)OCC)N(C(=O)OCC)C1. The van der Waals surface area contributed by atoms with Crippen LogP contribution in [0.15, 0.2) is 45.5 Å². The minimum Gasteiger partial charge on any atom is -0.448 e. The summed E-state index contributed by atoms with van der Waals surface area (Å²) in [5.41, 5.74) is 3.38. The van der Waals surface area contributed by atoms with E-state index in [9.17, 15) is 19.2 Å². The van der Waals surface area contributed by atoms with Crippen LogP contribution >= 0.6 is 35.0 Å². The molecule has 0 saturated heterocycles. The van der Waals surface area contributed by atoms with Crippen molar-refractivity contribution < 1.29 is 38.1 Å². The average Bonchev–Trinajstić information content (AvgIpc) is 3.01. The van der Waals surface area contributed by atoms with Gasteiger partial charge in [0.25, 0.3) is 0 Å². The van der Waals surface area contributed by atoms with Crippen molar-refractivity contribution in [2.45, 2.75) is 54.4 Å². The van der Waals surface area contributed by atoms with Crippen molar-refractivity contribution in [3.8, 4) is 0 Å². The van der Waals surface area contributed by atoms with E-state index in [-0.39, 0.29) is 64.4 Å². The second-order valence-electron chi connectivity index (χ2n) is 10.9. The molecule has 4 amide bonds. The zero-order valence-corrected chi connectivity index (χ0v) is 30.6. The number of nitrogens with zero attached hydrogens (tertiary/aromatic N) is 4. The Morgan fingerprint density at radius 3 is 1.15 bits per heavy atom. The second kappa shape index (κ2) is 19.7. The highest BCUT2D eigenvalue weighted by Gasteiger charge is 2.38. The molecular formula is C32H48Cl2N4O8S. The van der Waals surface area contributed by atoms with Gasteiger partial charge in [-0.1, -0.05) is 47.5 Å². The van der Waals surface area contributed by atoms with Gasteiger partial charge in [-0.3, -0.25) is 0 Å². The van der Waals surface area contributed by atoms with Crippen molar-refractivity contribution in [2.24, 2.45) is 11.8 Å². The summed E-state index contributed by atoms with van der Waals surface area (Å²) in [4.78, 5) is 50.8. The van der Waals surface area contributed by atoms with Crippen LogP contribution in [0.2, 0.25) is 0 Å². The molecule has 12 nitrogen and oxygen atoms in total. The topological polar surface area (TPSA) is 118 Å². The van der Waals surface area contributed by atoms with E-state index in [1.807, 2.05) is 13.8 Å². The lowest BCUT2D eigenvalue weighted by Gasteiger charge is -2.39. The molecule has 2 aliphatic heterocycles. The van der Waals surface area contributed by atoms with Crippen LogP contribution < -0.4 is 0 Å². The summed E-state index contributed by atoms with van der Waals surface area (Å²) in [6, 6.07) is 0. The van der Waals surface area contributed by atoms with E-state index in [4.69, 9.17) is 42.1 Å². The highest BCUT2D eigenvalue weighted by atomic mass is 35.5. The molecule has 0 spiro atoms. The minimum absolute atomic E-state index is 0.0158. The van der Waals surface area contributed by atoms with Gasteiger partial charge in [0.15, 0.2) is 0 Å². The monoisotopic (exact) mass is 718 g/mol. The molecule has 2 unspecified atom stereocenters. The van der Waals surface area contributed by atoms with Crippen molar-refractivity contribution in [3.63, 3.8) is 0 Å². The van der Waals surface area contributed by atoms with Crippen LogP contribution in [-0.4, -0.2) is 109 Å². The van der Waals surface area contributed by atoms with Gasteiger partial charge in [-0.05, 0) is 77.0 Å². The van der Waals surface area contributed by atoms with Crippen LogP contribution in [0.1, 0.15) is 54.4 Å². The van der Waals surface area contributed by atoms with E-state index in [0.29, 0.717) is 22.9 Å². The second-order valence-corrected chi connectivity index (χ2v) is 13.0. The highest BCUT2D eigenvalue weighted by Crippen LogP contribution is 2.36. The number of hydrazine groups is 2. The molecule has 0 N–H and O–H groups in total. The number of carbonyl (C=O) groups excluding carboxylic acids is 4. The molecule has 264 valence electrons. The number of hydrogen-bond acceptors (Lipinski definition) is 9. The Morgan fingerprint density at radius 2 is 0.894 bits per heavy atom. The first-order valence-corrected chi connectivity index (χ1v) is 17.6. The normalized spacial score (nSPS) is 16.5. The maximum absolute atomic E-state index is 12.8. The van der Waals surface area contributed by atoms with Crippen molar-refractivity contribution >= 4 is 59.3 Å². The van der Waals surface area contributed by atoms with Crippen LogP contribution in [0.25, 0.3) is 0 Å². The fourth-order valence-corrected chi connectivity index (χ4v) is 6.90. The molecule has 15 heteroatoms. The van der Waals surface area contributed by atoms with E-state index in [0.717, 1.165) is 43.8 Å². The number of thioether (sulfide) groups is 1. The van der Waals surface area contributed by atoms with Gasteiger partial charge in [0.1, 0.15) is 0 Å². The number of amides is 4. The lowest BCUT2D eigenvalue weighted by Crippen LogP contribution is -2.54. The third-order valence-corrected chi connectivity index (χ3v) is 9.32. The lowest BCUT2D eigenvalue weighted by atomic mass is 9.88. The third kappa shape index (κ3) is 11.0. The molecule has 0 aromatic rings. The number of halogens is 2. The average molecular weight is 720 g/mol. The molecule has 0 radical (unpaired) electrons. The molecule has 2 atom stereocenters. The van der Waals surface area contributed by atoms with Gasteiger partial charge in [-0.25, -0.2) is 39.2 Å². The first-order chi connectivity index (χ1) is 22.3. The summed E-state index contributed by atoms with van der Waals surface area (Å²) < 4.78 is 20.7. The van der Waals surface area contributed by atoms with Gasteiger partial charge >= 0.3 is 24.4 Å². The summed E-state index contributed by atoms with van der Waals surface area (Å²) in [5, 5.41) is 5.70. The summed E-state index contributed by atoms with van der Waals surface area (Å²) in [5.74, 6) is 1.26. The Balaban J connectivity index is 2.14. The predicted octanol–water partition coefficient (Wildman–Crippen LogP) is 7.56. The fraction of sp³-hybridized carbons (Fsp3) is 0.625. The Bertz CT molecular complexity index is 1150. The van der Waals surface area contributed by atoms with Crippen LogP contribution in [0.3, 0.4) is 0 Å². The maximum atomic E-state index is 12.8. The van der Waals surface area contributed by atoms with Crippen LogP contribution in [0.4, 0.5) is 19.2 Å². The summed E-state index contributed by atoms with van der Waals surface area (Å²) in [6.07, 6.45) is -1.28. The van der Waals surface area contributed by atoms with Crippen molar-refractivity contribution in [1.29, 1.82) is 0 Å². The standard InChI is InChI=1S/C32H48Cl2N4O8S/c1-9-43-29(39)35-17-25(27(33)19-37(35)31(41)45-11-3)23(21(5)6)13-15-47-16-14-24(22(7)8)26-18-36(30(40)44-10-2)38(20-28(26)34)32(42)46-12-4/h23-24H,5,7,9-20H2,1-4,6,8H3. The van der Waals surface area contributed by atoms with E-state index < -0.39 is 24.4 Å². The molecule has 0 aromatic carbocycles. The molecule has 0 aliphatic carbocycles. The number of carbonyl (C=O) groups is 4. The number of rotatable bonds is 14. The number of allylic oxidation sites excluding steroid dienone is 2. The van der Waals surface area contributed by atoms with E-state index >= 15 is 0 Å². The first kappa shape index (κ1) is 40.1. The van der Waals surface area contributed by atoms with Crippen molar-refractivity contribution in [3.05, 3.63) is 45.5 Å². The van der Waals surface area contributed by atoms with E-state index in [2.05, 4.69) is 13.2 Å². The van der Waals surface area contributed by atoms with Crippen LogP contribution in [-0.2, 0) is 18.9 Å². The van der Waals surface area contributed by atoms with Crippen LogP contribution in [0, 0.1) is 11.8 Å². The number of hydrogen-bond donors (Lipinski definition) is 0. The molecule has 0 saturated carbocycles. The molecule has 2 aliphatic rings. The summed E-state index contributed by atoms with van der Waals surface area (Å²) >= 11 is 15.2. The van der Waals surface area contributed by atoms with Gasteiger partial charge in [-0.15, -0.1) is 0 Å². The van der Waals surface area contributed by atoms with E-state index in [1.54, 1.807) is 39.5 Å². The Morgan fingerprint density at radius 1 is 0.617 bits per heavy atom. The lowest BCUT2D eigenvalue weighted by molar-refractivity contribution is -0.0157. The molecule has 0 bridgehead atoms. The van der Waals surface area contributed by atoms with Gasteiger partial charge in [0.2, 0.25) is 0 Å². The van der Waals surface area contributed by atoms with Crippen LogP contribution in [0.5, 0.6) is 0 Å². The molecule has 0 fully saturated rings. The predicted molar refractivity (Wildman–Crippen MR) is 184 cm³/mol. The Kier molecular flexibility index (Phi) is 16.8. The Hall–Kier alpha value is -3.03. The zero-order valence-electron chi connectivity index (χ0n) is 28.3. The molecule has 47 heavy (non-hydrogen) atoms. The molecule has 0 aromatic heterocycles. The van der Waals surface area contributed by atoms with Crippen molar-refractivity contribution in [2.75, 3.05) is 64.1 Å². The minimum atomic E-state index is -0.681. The van der Waals surface area contributed by atoms with E-state index in [1.165, 1.54) is 10.0 Å². The molecule has 2 rings (SSSR count). The first-order valence-electron chi connectivity index (χ1n) is 15.7. The Labute approximate surface area is 292 Å². The van der Waals surface area contributed by atoms with Crippen molar-refractivity contribution in [1.82, 2.24) is 20.0 Å². The van der Waals surface area contributed by atoms with Gasteiger partial charge < -0.3 is 18.9 Å². The largest absolute Gasteiger partial charge is 0.448 e. The molecular weight excluding hydrogens is 671 g/mol. The van der Waals surface area contributed by atoms with Gasteiger partial charge in [0.05, 0.1) is 52.6 Å². The quantitative estimate of drug-likeness (QED) is 0.102. The maximum Gasteiger partial charge on any atom is 0.429 e. The zero-order chi connectivity index (χ0) is 35.3.